The van der Waals surface area contributed by atoms with E-state index in [1.54, 1.807) is 12.4 Å². The van der Waals surface area contributed by atoms with Gasteiger partial charge in [0.25, 0.3) is 0 Å². The first-order valence-corrected chi connectivity index (χ1v) is 9.75. The van der Waals surface area contributed by atoms with Crippen LogP contribution in [0, 0.1) is 5.92 Å². The first-order chi connectivity index (χ1) is 14.4. The average Bonchev–Trinajstić information content (AvgIpc) is 3.17. The molecule has 3 heterocycles. The molecule has 0 saturated carbocycles. The molecule has 1 aliphatic rings. The first-order valence-electron chi connectivity index (χ1n) is 9.75. The van der Waals surface area contributed by atoms with Gasteiger partial charge < -0.3 is 14.8 Å². The summed E-state index contributed by atoms with van der Waals surface area (Å²) in [4.78, 5) is 27.3. The van der Waals surface area contributed by atoms with Crippen molar-refractivity contribution in [3.63, 3.8) is 0 Å². The summed E-state index contributed by atoms with van der Waals surface area (Å²) < 4.78 is 40.7. The van der Waals surface area contributed by atoms with E-state index in [1.165, 1.54) is 12.4 Å². The maximum absolute atomic E-state index is 13.0. The second kappa shape index (κ2) is 7.92. The number of piperidine rings is 1. The van der Waals surface area contributed by atoms with Gasteiger partial charge in [0.1, 0.15) is 6.33 Å². The summed E-state index contributed by atoms with van der Waals surface area (Å²) in [5.74, 6) is -0.0347. The Kier molecular flexibility index (Phi) is 5.31. The van der Waals surface area contributed by atoms with Crippen LogP contribution in [0.2, 0.25) is 0 Å². The minimum absolute atomic E-state index is 0.162. The van der Waals surface area contributed by atoms with Crippen LogP contribution in [0.4, 0.5) is 24.7 Å². The van der Waals surface area contributed by atoms with Crippen LogP contribution >= 0.6 is 0 Å². The minimum atomic E-state index is -4.37. The molecule has 1 N–H and O–H groups in total. The summed E-state index contributed by atoms with van der Waals surface area (Å²) in [7, 11) is 0. The van der Waals surface area contributed by atoms with Crippen molar-refractivity contribution in [2.24, 2.45) is 5.92 Å². The maximum Gasteiger partial charge on any atom is 0.416 e. The van der Waals surface area contributed by atoms with Crippen molar-refractivity contribution in [3.8, 4) is 0 Å². The van der Waals surface area contributed by atoms with E-state index in [2.05, 4.69) is 20.3 Å². The molecule has 1 aromatic carbocycles. The molecule has 158 valence electrons. The Balaban J connectivity index is 1.41. The smallest absolute Gasteiger partial charge is 0.371 e. The van der Waals surface area contributed by atoms with E-state index in [1.807, 2.05) is 16.4 Å². The molecule has 0 atom stereocenters. The minimum Gasteiger partial charge on any atom is -0.371 e. The quantitative estimate of drug-likeness (QED) is 0.699. The number of hydrogen-bond acceptors (Lipinski definition) is 5. The van der Waals surface area contributed by atoms with E-state index < -0.39 is 11.7 Å². The van der Waals surface area contributed by atoms with Crippen molar-refractivity contribution in [3.05, 3.63) is 42.5 Å². The Hall–Kier alpha value is -3.17. The number of carbonyl (C=O) groups excluding carboxylic acids is 1. The normalized spacial score (nSPS) is 15.5. The van der Waals surface area contributed by atoms with Gasteiger partial charge in [0.15, 0.2) is 17.0 Å². The van der Waals surface area contributed by atoms with Gasteiger partial charge in [-0.3, -0.25) is 4.79 Å². The lowest BCUT2D eigenvalue weighted by molar-refractivity contribution is -0.137. The summed E-state index contributed by atoms with van der Waals surface area (Å²) in [6, 6.07) is 5.29. The molecule has 1 fully saturated rings. The predicted octanol–water partition coefficient (Wildman–Crippen LogP) is 3.72. The highest BCUT2D eigenvalue weighted by Crippen LogP contribution is 2.33. The number of nitrogens with one attached hydrogen (secondary N) is 1. The maximum atomic E-state index is 13.0. The Morgan fingerprint density at radius 3 is 2.67 bits per heavy atom. The van der Waals surface area contributed by atoms with Gasteiger partial charge in [0.2, 0.25) is 5.91 Å². The van der Waals surface area contributed by atoms with E-state index in [0.29, 0.717) is 55.1 Å². The molecule has 0 bridgehead atoms. The fourth-order valence-corrected chi connectivity index (χ4v) is 3.70. The fourth-order valence-electron chi connectivity index (χ4n) is 3.70. The highest BCUT2D eigenvalue weighted by Gasteiger charge is 2.32. The number of benzene rings is 1. The fraction of sp³-hybridized carbons (Fsp3) is 0.400. The van der Waals surface area contributed by atoms with Gasteiger partial charge >= 0.3 is 6.18 Å². The summed E-state index contributed by atoms with van der Waals surface area (Å²) in [5, 5.41) is 2.84. The van der Waals surface area contributed by atoms with Crippen LogP contribution in [-0.2, 0) is 17.5 Å². The van der Waals surface area contributed by atoms with Gasteiger partial charge in [-0.15, -0.1) is 0 Å². The average molecular weight is 418 g/mol. The van der Waals surface area contributed by atoms with Crippen molar-refractivity contribution < 1.29 is 18.0 Å². The number of carbonyl (C=O) groups is 1. The third-order valence-corrected chi connectivity index (χ3v) is 5.39. The summed E-state index contributed by atoms with van der Waals surface area (Å²) in [6.07, 6.45) is -0.244. The number of halogens is 3. The number of anilines is 2. The van der Waals surface area contributed by atoms with E-state index in [4.69, 9.17) is 0 Å². The monoisotopic (exact) mass is 418 g/mol. The molecule has 1 amide bonds. The van der Waals surface area contributed by atoms with Gasteiger partial charge in [0, 0.05) is 31.2 Å². The van der Waals surface area contributed by atoms with Gasteiger partial charge in [-0.2, -0.15) is 13.2 Å². The van der Waals surface area contributed by atoms with Crippen molar-refractivity contribution >= 4 is 28.6 Å². The molecule has 1 saturated heterocycles. The number of imidazole rings is 1. The predicted molar refractivity (Wildman–Crippen MR) is 106 cm³/mol. The molecule has 10 heteroatoms. The number of aromatic nitrogens is 4. The number of aryl methyl sites for hydroxylation is 1. The first kappa shape index (κ1) is 20.1. The molecule has 0 radical (unpaired) electrons. The number of fused-ring (bicyclic) bond motifs is 1. The standard InChI is InChI=1S/C20H21F3N6O/c1-2-28-12-26-16-17(24-11-25-18(16)28)27-19(30)13-6-8-29(9-7-13)15-5-3-4-14(10-15)20(21,22)23/h3-5,10-13H,2,6-9H2,1H3,(H,24,25,27,30). The Morgan fingerprint density at radius 1 is 1.20 bits per heavy atom. The number of nitrogens with zero attached hydrogens (tertiary/aromatic N) is 5. The van der Waals surface area contributed by atoms with Crippen molar-refractivity contribution in [1.29, 1.82) is 0 Å². The van der Waals surface area contributed by atoms with Crippen LogP contribution in [0.5, 0.6) is 0 Å². The van der Waals surface area contributed by atoms with Crippen LogP contribution in [-0.4, -0.2) is 38.5 Å². The van der Waals surface area contributed by atoms with Crippen LogP contribution < -0.4 is 10.2 Å². The third-order valence-electron chi connectivity index (χ3n) is 5.39. The van der Waals surface area contributed by atoms with Crippen LogP contribution in [0.25, 0.3) is 11.2 Å². The molecule has 30 heavy (non-hydrogen) atoms. The van der Waals surface area contributed by atoms with Crippen LogP contribution in [0.3, 0.4) is 0 Å². The van der Waals surface area contributed by atoms with Crippen molar-refractivity contribution in [1.82, 2.24) is 19.5 Å². The summed E-state index contributed by atoms with van der Waals surface area (Å²) in [5.41, 5.74) is 1.04. The molecule has 2 aromatic heterocycles. The van der Waals surface area contributed by atoms with Crippen LogP contribution in [0.1, 0.15) is 25.3 Å². The number of amides is 1. The SMILES string of the molecule is CCn1cnc2c(NC(=O)C3CCN(c4cccc(C(F)(F)F)c4)CC3)ncnc21. The van der Waals surface area contributed by atoms with E-state index >= 15 is 0 Å². The molecule has 1 aliphatic heterocycles. The number of rotatable bonds is 4. The molecular weight excluding hydrogens is 397 g/mol. The summed E-state index contributed by atoms with van der Waals surface area (Å²) >= 11 is 0. The molecule has 7 nitrogen and oxygen atoms in total. The molecule has 3 aromatic rings. The largest absolute Gasteiger partial charge is 0.416 e. The van der Waals surface area contributed by atoms with Crippen molar-refractivity contribution in [2.75, 3.05) is 23.3 Å². The zero-order valence-corrected chi connectivity index (χ0v) is 16.4. The molecule has 0 aliphatic carbocycles. The third kappa shape index (κ3) is 3.94. The second-order valence-corrected chi connectivity index (χ2v) is 7.22. The molecule has 0 spiro atoms. The van der Waals surface area contributed by atoms with Gasteiger partial charge in [-0.25, -0.2) is 15.0 Å². The zero-order valence-electron chi connectivity index (χ0n) is 16.4. The Bertz CT molecular complexity index is 1060. The second-order valence-electron chi connectivity index (χ2n) is 7.22. The van der Waals surface area contributed by atoms with E-state index in [9.17, 15) is 18.0 Å². The van der Waals surface area contributed by atoms with E-state index in [-0.39, 0.29) is 11.8 Å². The Labute approximate surface area is 170 Å². The lowest BCUT2D eigenvalue weighted by Gasteiger charge is -2.33. The Morgan fingerprint density at radius 2 is 1.97 bits per heavy atom. The van der Waals surface area contributed by atoms with Crippen molar-refractivity contribution in [2.45, 2.75) is 32.5 Å². The van der Waals surface area contributed by atoms with Gasteiger partial charge in [0.05, 0.1) is 11.9 Å². The molecule has 0 unspecified atom stereocenters. The van der Waals surface area contributed by atoms with Gasteiger partial charge in [-0.05, 0) is 38.0 Å². The highest BCUT2D eigenvalue weighted by molar-refractivity contribution is 5.98. The highest BCUT2D eigenvalue weighted by atomic mass is 19.4. The lowest BCUT2D eigenvalue weighted by atomic mass is 9.95. The summed E-state index contributed by atoms with van der Waals surface area (Å²) in [6.45, 7) is 3.68. The molecular formula is C20H21F3N6O. The lowest BCUT2D eigenvalue weighted by Crippen LogP contribution is -2.38. The number of alkyl halides is 3. The van der Waals surface area contributed by atoms with Gasteiger partial charge in [-0.1, -0.05) is 6.07 Å². The number of hydrogen-bond donors (Lipinski definition) is 1. The zero-order chi connectivity index (χ0) is 21.3. The van der Waals surface area contributed by atoms with E-state index in [0.717, 1.165) is 12.1 Å². The molecule has 4 rings (SSSR count). The van der Waals surface area contributed by atoms with Crippen LogP contribution in [0.15, 0.2) is 36.9 Å². The topological polar surface area (TPSA) is 75.9 Å².